The Hall–Kier alpha value is -1.24. The minimum absolute atomic E-state index is 0. The van der Waals surface area contributed by atoms with Crippen LogP contribution in [0.25, 0.3) is 0 Å². The number of anilines is 1. The maximum Gasteiger partial charge on any atom is 0.253 e. The summed E-state index contributed by atoms with van der Waals surface area (Å²) in [6.07, 6.45) is 0. The number of thioether (sulfide) groups is 1. The van der Waals surface area contributed by atoms with Crippen molar-refractivity contribution >= 4 is 41.7 Å². The fourth-order valence-corrected chi connectivity index (χ4v) is 3.25. The summed E-state index contributed by atoms with van der Waals surface area (Å²) in [7, 11) is 1.82. The molecule has 1 saturated heterocycles. The second-order valence-corrected chi connectivity index (χ2v) is 6.66. The lowest BCUT2D eigenvalue weighted by Gasteiger charge is -2.26. The molecule has 1 aliphatic rings. The fourth-order valence-electron chi connectivity index (χ4n) is 2.34. The van der Waals surface area contributed by atoms with Gasteiger partial charge in [0.1, 0.15) is 0 Å². The van der Waals surface area contributed by atoms with Gasteiger partial charge in [0.25, 0.3) is 5.91 Å². The molecule has 1 unspecified atom stereocenters. The summed E-state index contributed by atoms with van der Waals surface area (Å²) in [5, 5.41) is 5.85. The highest BCUT2D eigenvalue weighted by Crippen LogP contribution is 2.16. The van der Waals surface area contributed by atoms with Crippen molar-refractivity contribution in [3.05, 3.63) is 29.8 Å². The van der Waals surface area contributed by atoms with Gasteiger partial charge < -0.3 is 15.5 Å². The van der Waals surface area contributed by atoms with Gasteiger partial charge in [-0.3, -0.25) is 9.59 Å². The van der Waals surface area contributed by atoms with Crippen LogP contribution in [-0.4, -0.2) is 54.9 Å². The van der Waals surface area contributed by atoms with Gasteiger partial charge >= 0.3 is 0 Å². The van der Waals surface area contributed by atoms with Gasteiger partial charge in [-0.05, 0) is 25.2 Å². The monoisotopic (exact) mass is 357 g/mol. The van der Waals surface area contributed by atoms with Crippen molar-refractivity contribution in [3.8, 4) is 0 Å². The molecule has 1 aromatic carbocycles. The molecule has 0 aliphatic carbocycles. The van der Waals surface area contributed by atoms with E-state index in [4.69, 9.17) is 0 Å². The van der Waals surface area contributed by atoms with E-state index in [1.165, 1.54) is 0 Å². The van der Waals surface area contributed by atoms with Gasteiger partial charge in [0.05, 0.1) is 0 Å². The van der Waals surface area contributed by atoms with Gasteiger partial charge in [-0.1, -0.05) is 13.0 Å². The quantitative estimate of drug-likeness (QED) is 0.847. The van der Waals surface area contributed by atoms with Gasteiger partial charge in [-0.25, -0.2) is 0 Å². The minimum atomic E-state index is -0.122. The zero-order valence-corrected chi connectivity index (χ0v) is 15.1. The average Bonchev–Trinajstić information content (AvgIpc) is 2.55. The van der Waals surface area contributed by atoms with E-state index in [0.29, 0.717) is 17.8 Å². The van der Waals surface area contributed by atoms with Crippen LogP contribution in [0.1, 0.15) is 17.3 Å². The first kappa shape index (κ1) is 19.8. The molecule has 2 N–H and O–H groups in total. The van der Waals surface area contributed by atoms with Gasteiger partial charge in [0.2, 0.25) is 5.91 Å². The van der Waals surface area contributed by atoms with Gasteiger partial charge in [-0.2, -0.15) is 11.8 Å². The van der Waals surface area contributed by atoms with Crippen molar-refractivity contribution in [1.82, 2.24) is 10.2 Å². The molecule has 1 aliphatic heterocycles. The molecule has 5 nitrogen and oxygen atoms in total. The highest BCUT2D eigenvalue weighted by Gasteiger charge is 2.19. The zero-order valence-electron chi connectivity index (χ0n) is 13.5. The maximum absolute atomic E-state index is 12.5. The number of benzene rings is 1. The first-order valence-electron chi connectivity index (χ1n) is 7.54. The maximum atomic E-state index is 12.5. The van der Waals surface area contributed by atoms with Crippen molar-refractivity contribution in [2.45, 2.75) is 6.92 Å². The number of nitrogens with one attached hydrogen (secondary N) is 2. The molecule has 1 heterocycles. The van der Waals surface area contributed by atoms with Crippen LogP contribution in [-0.2, 0) is 4.79 Å². The van der Waals surface area contributed by atoms with Crippen LogP contribution in [0.4, 0.5) is 5.69 Å². The summed E-state index contributed by atoms with van der Waals surface area (Å²) in [5.41, 5.74) is 1.30. The molecule has 0 radical (unpaired) electrons. The highest BCUT2D eigenvalue weighted by atomic mass is 35.5. The summed E-state index contributed by atoms with van der Waals surface area (Å²) in [5.74, 6) is 1.85. The van der Waals surface area contributed by atoms with Crippen molar-refractivity contribution in [1.29, 1.82) is 0 Å². The van der Waals surface area contributed by atoms with E-state index in [2.05, 4.69) is 10.6 Å². The molecular formula is C16H24ClN3O2S. The lowest BCUT2D eigenvalue weighted by molar-refractivity contribution is -0.119. The number of carbonyl (C=O) groups is 2. The Morgan fingerprint density at radius 2 is 2.00 bits per heavy atom. The van der Waals surface area contributed by atoms with Crippen LogP contribution in [0, 0.1) is 5.92 Å². The fraction of sp³-hybridized carbons (Fsp3) is 0.500. The third-order valence-corrected chi connectivity index (χ3v) is 4.58. The van der Waals surface area contributed by atoms with Crippen LogP contribution in [0.15, 0.2) is 24.3 Å². The lowest BCUT2D eigenvalue weighted by Crippen LogP contribution is -2.37. The number of halogens is 1. The molecule has 2 rings (SSSR count). The van der Waals surface area contributed by atoms with E-state index in [1.54, 1.807) is 12.1 Å². The third-order valence-electron chi connectivity index (χ3n) is 3.63. The molecule has 0 spiro atoms. The molecule has 128 valence electrons. The molecule has 1 aromatic rings. The minimum Gasteiger partial charge on any atom is -0.337 e. The van der Waals surface area contributed by atoms with Gasteiger partial charge in [0.15, 0.2) is 0 Å². The lowest BCUT2D eigenvalue weighted by atomic mass is 10.1. The van der Waals surface area contributed by atoms with Crippen LogP contribution >= 0.6 is 24.2 Å². The number of hydrogen-bond donors (Lipinski definition) is 2. The standard InChI is InChI=1S/C16H23N3O2S.ClH/c1-12(11-17-2)15(20)18-14-5-3-4-13(10-14)16(21)19-6-8-22-9-7-19;/h3-5,10,12,17H,6-9,11H2,1-2H3,(H,18,20);1H. The number of amides is 2. The molecule has 2 amide bonds. The second-order valence-electron chi connectivity index (χ2n) is 5.43. The predicted molar refractivity (Wildman–Crippen MR) is 98.6 cm³/mol. The van der Waals surface area contributed by atoms with Crippen molar-refractivity contribution < 1.29 is 9.59 Å². The molecule has 1 fully saturated rings. The summed E-state index contributed by atoms with van der Waals surface area (Å²) < 4.78 is 0. The largest absolute Gasteiger partial charge is 0.337 e. The van der Waals surface area contributed by atoms with Gasteiger partial charge in [-0.15, -0.1) is 12.4 Å². The summed E-state index contributed by atoms with van der Waals surface area (Å²) in [6, 6.07) is 7.18. The number of hydrogen-bond acceptors (Lipinski definition) is 4. The number of nitrogens with zero attached hydrogens (tertiary/aromatic N) is 1. The Kier molecular flexibility index (Phi) is 8.44. The molecule has 0 aromatic heterocycles. The zero-order chi connectivity index (χ0) is 15.9. The second kappa shape index (κ2) is 9.80. The molecule has 1 atom stereocenters. The van der Waals surface area contributed by atoms with Crippen molar-refractivity contribution in [2.24, 2.45) is 5.92 Å². The van der Waals surface area contributed by atoms with Crippen LogP contribution in [0.3, 0.4) is 0 Å². The van der Waals surface area contributed by atoms with Gasteiger partial charge in [0, 0.05) is 48.3 Å². The molecule has 0 saturated carbocycles. The highest BCUT2D eigenvalue weighted by molar-refractivity contribution is 7.99. The normalized spacial score (nSPS) is 15.5. The topological polar surface area (TPSA) is 61.4 Å². The van der Waals surface area contributed by atoms with E-state index in [9.17, 15) is 9.59 Å². The molecule has 7 heteroatoms. The average molecular weight is 358 g/mol. The van der Waals surface area contributed by atoms with E-state index in [1.807, 2.05) is 42.8 Å². The Morgan fingerprint density at radius 3 is 2.65 bits per heavy atom. The Bertz CT molecular complexity index is 536. The van der Waals surface area contributed by atoms with Crippen LogP contribution < -0.4 is 10.6 Å². The van der Waals surface area contributed by atoms with E-state index < -0.39 is 0 Å². The Balaban J connectivity index is 0.00000264. The van der Waals surface area contributed by atoms with Crippen LogP contribution in [0.2, 0.25) is 0 Å². The summed E-state index contributed by atoms with van der Waals surface area (Å²) in [6.45, 7) is 4.07. The Morgan fingerprint density at radius 1 is 1.30 bits per heavy atom. The van der Waals surface area contributed by atoms with Crippen molar-refractivity contribution in [2.75, 3.05) is 43.5 Å². The summed E-state index contributed by atoms with van der Waals surface area (Å²) in [4.78, 5) is 26.4. The van der Waals surface area contributed by atoms with Crippen LogP contribution in [0.5, 0.6) is 0 Å². The third kappa shape index (κ3) is 5.71. The van der Waals surface area contributed by atoms with E-state index in [-0.39, 0.29) is 30.1 Å². The summed E-state index contributed by atoms with van der Waals surface area (Å²) >= 11 is 1.87. The Labute approximate surface area is 148 Å². The first-order valence-corrected chi connectivity index (χ1v) is 8.70. The number of carbonyl (C=O) groups excluding carboxylic acids is 2. The molecule has 0 bridgehead atoms. The SMILES string of the molecule is CNCC(C)C(=O)Nc1cccc(C(=O)N2CCSCC2)c1.Cl. The molecular weight excluding hydrogens is 334 g/mol. The number of rotatable bonds is 5. The smallest absolute Gasteiger partial charge is 0.253 e. The van der Waals surface area contributed by atoms with Crippen molar-refractivity contribution in [3.63, 3.8) is 0 Å². The molecule has 23 heavy (non-hydrogen) atoms. The van der Waals surface area contributed by atoms with E-state index in [0.717, 1.165) is 24.6 Å². The first-order chi connectivity index (χ1) is 10.6. The van der Waals surface area contributed by atoms with E-state index >= 15 is 0 Å². The predicted octanol–water partition coefficient (Wildman–Crippen LogP) is 2.09.